The van der Waals surface area contributed by atoms with Gasteiger partial charge in [-0.2, -0.15) is 0 Å². The molecule has 1 aromatic heterocycles. The van der Waals surface area contributed by atoms with Gasteiger partial charge in [0.1, 0.15) is 5.69 Å². The Morgan fingerprint density at radius 1 is 1.19 bits per heavy atom. The lowest BCUT2D eigenvalue weighted by Crippen LogP contribution is -2.41. The van der Waals surface area contributed by atoms with Crippen molar-refractivity contribution in [2.24, 2.45) is 0 Å². The van der Waals surface area contributed by atoms with Crippen LogP contribution in [-0.2, 0) is 9.59 Å². The van der Waals surface area contributed by atoms with E-state index in [1.54, 1.807) is 18.3 Å². The van der Waals surface area contributed by atoms with Crippen molar-refractivity contribution >= 4 is 17.5 Å². The van der Waals surface area contributed by atoms with Gasteiger partial charge in [0.15, 0.2) is 0 Å². The van der Waals surface area contributed by atoms with E-state index in [9.17, 15) is 9.59 Å². The minimum atomic E-state index is -0.689. The lowest BCUT2D eigenvalue weighted by molar-refractivity contribution is -0.136. The highest BCUT2D eigenvalue weighted by atomic mass is 16.5. The number of amides is 2. The Kier molecular flexibility index (Phi) is 5.54. The Bertz CT molecular complexity index is 497. The summed E-state index contributed by atoms with van der Waals surface area (Å²) in [6.07, 6.45) is 8.04. The Morgan fingerprint density at radius 3 is 2.57 bits per heavy atom. The first-order valence-corrected chi connectivity index (χ1v) is 7.31. The Morgan fingerprint density at radius 2 is 1.90 bits per heavy atom. The van der Waals surface area contributed by atoms with E-state index >= 15 is 0 Å². The summed E-state index contributed by atoms with van der Waals surface area (Å²) in [7, 11) is 1.46. The molecule has 114 valence electrons. The molecule has 2 amide bonds. The summed E-state index contributed by atoms with van der Waals surface area (Å²) in [6.45, 7) is 0. The van der Waals surface area contributed by atoms with Gasteiger partial charge in [0, 0.05) is 12.2 Å². The number of rotatable bonds is 3. The summed E-state index contributed by atoms with van der Waals surface area (Å²) < 4.78 is 5.03. The molecule has 0 bridgehead atoms. The van der Waals surface area contributed by atoms with Crippen molar-refractivity contribution in [3.05, 3.63) is 18.3 Å². The molecule has 6 nitrogen and oxygen atoms in total. The van der Waals surface area contributed by atoms with E-state index < -0.39 is 11.8 Å². The molecule has 0 spiro atoms. The van der Waals surface area contributed by atoms with Crippen LogP contribution in [-0.4, -0.2) is 29.9 Å². The number of hydrogen-bond donors (Lipinski definition) is 2. The number of methoxy groups -OCH3 is 1. The molecule has 1 fully saturated rings. The molecule has 1 aliphatic rings. The molecule has 1 heterocycles. The van der Waals surface area contributed by atoms with E-state index in [2.05, 4.69) is 15.6 Å². The third-order valence-electron chi connectivity index (χ3n) is 3.61. The van der Waals surface area contributed by atoms with E-state index in [-0.39, 0.29) is 11.9 Å². The number of nitrogens with one attached hydrogen (secondary N) is 2. The molecule has 0 saturated heterocycles. The summed E-state index contributed by atoms with van der Waals surface area (Å²) in [4.78, 5) is 27.8. The Balaban J connectivity index is 1.91. The molecular weight excluding hydrogens is 270 g/mol. The molecule has 0 aromatic carbocycles. The van der Waals surface area contributed by atoms with Crippen molar-refractivity contribution < 1.29 is 14.3 Å². The van der Waals surface area contributed by atoms with Crippen LogP contribution in [0.3, 0.4) is 0 Å². The maximum atomic E-state index is 11.9. The van der Waals surface area contributed by atoms with Crippen molar-refractivity contribution in [3.63, 3.8) is 0 Å². The van der Waals surface area contributed by atoms with Crippen LogP contribution in [0.1, 0.15) is 38.5 Å². The molecular formula is C15H21N3O3. The number of hydrogen-bond acceptors (Lipinski definition) is 4. The number of anilines is 1. The van der Waals surface area contributed by atoms with Crippen LogP contribution in [0.15, 0.2) is 18.3 Å². The standard InChI is InChI=1S/C15H21N3O3/c1-21-15-12(9-6-10-16-15)18-14(20)13(19)17-11-7-4-2-3-5-8-11/h6,9-11H,2-5,7-8H2,1H3,(H,17,19)(H,18,20). The zero-order valence-corrected chi connectivity index (χ0v) is 12.2. The van der Waals surface area contributed by atoms with Crippen molar-refractivity contribution in [3.8, 4) is 5.88 Å². The van der Waals surface area contributed by atoms with Gasteiger partial charge in [-0.1, -0.05) is 25.7 Å². The number of pyridine rings is 1. The average Bonchev–Trinajstić information content (AvgIpc) is 2.76. The maximum Gasteiger partial charge on any atom is 0.313 e. The zero-order chi connectivity index (χ0) is 15.1. The number of ether oxygens (including phenoxy) is 1. The second-order valence-corrected chi connectivity index (χ2v) is 5.18. The normalized spacial score (nSPS) is 15.9. The van der Waals surface area contributed by atoms with Crippen molar-refractivity contribution in [1.29, 1.82) is 0 Å². The molecule has 1 aliphatic carbocycles. The second kappa shape index (κ2) is 7.61. The van der Waals surface area contributed by atoms with E-state index in [1.165, 1.54) is 20.0 Å². The predicted molar refractivity (Wildman–Crippen MR) is 79.1 cm³/mol. The van der Waals surface area contributed by atoms with Crippen LogP contribution in [0.4, 0.5) is 5.69 Å². The fourth-order valence-electron chi connectivity index (χ4n) is 2.50. The van der Waals surface area contributed by atoms with E-state index in [1.807, 2.05) is 0 Å². The summed E-state index contributed by atoms with van der Waals surface area (Å²) in [6, 6.07) is 3.41. The molecule has 0 unspecified atom stereocenters. The quantitative estimate of drug-likeness (QED) is 0.658. The van der Waals surface area contributed by atoms with Gasteiger partial charge in [-0.25, -0.2) is 4.98 Å². The van der Waals surface area contributed by atoms with E-state index in [4.69, 9.17) is 4.74 Å². The first-order chi connectivity index (χ1) is 10.2. The van der Waals surface area contributed by atoms with Crippen molar-refractivity contribution in [2.75, 3.05) is 12.4 Å². The SMILES string of the molecule is COc1ncccc1NC(=O)C(=O)NC1CCCCCC1. The largest absolute Gasteiger partial charge is 0.480 e. The van der Waals surface area contributed by atoms with Crippen LogP contribution in [0.5, 0.6) is 5.88 Å². The third-order valence-corrected chi connectivity index (χ3v) is 3.61. The lowest BCUT2D eigenvalue weighted by Gasteiger charge is -2.16. The second-order valence-electron chi connectivity index (χ2n) is 5.18. The number of nitrogens with zero attached hydrogens (tertiary/aromatic N) is 1. The first kappa shape index (κ1) is 15.3. The van der Waals surface area contributed by atoms with Crippen LogP contribution >= 0.6 is 0 Å². The molecule has 0 radical (unpaired) electrons. The highest BCUT2D eigenvalue weighted by Gasteiger charge is 2.20. The summed E-state index contributed by atoms with van der Waals surface area (Å²) in [5.41, 5.74) is 0.390. The maximum absolute atomic E-state index is 11.9. The van der Waals surface area contributed by atoms with Crippen LogP contribution in [0.25, 0.3) is 0 Å². The smallest absolute Gasteiger partial charge is 0.313 e. The molecule has 0 aliphatic heterocycles. The minimum Gasteiger partial charge on any atom is -0.480 e. The minimum absolute atomic E-state index is 0.0987. The molecule has 2 N–H and O–H groups in total. The van der Waals surface area contributed by atoms with Crippen LogP contribution in [0.2, 0.25) is 0 Å². The Labute approximate surface area is 124 Å². The number of carbonyl (C=O) groups is 2. The van der Waals surface area contributed by atoms with E-state index in [0.717, 1.165) is 25.7 Å². The highest BCUT2D eigenvalue weighted by molar-refractivity contribution is 6.39. The van der Waals surface area contributed by atoms with Gasteiger partial charge in [0.05, 0.1) is 7.11 Å². The van der Waals surface area contributed by atoms with Crippen LogP contribution in [0, 0.1) is 0 Å². The fourth-order valence-corrected chi connectivity index (χ4v) is 2.50. The van der Waals surface area contributed by atoms with Gasteiger partial charge in [0.2, 0.25) is 5.88 Å². The van der Waals surface area contributed by atoms with Gasteiger partial charge in [-0.05, 0) is 25.0 Å². The zero-order valence-electron chi connectivity index (χ0n) is 12.2. The van der Waals surface area contributed by atoms with Gasteiger partial charge < -0.3 is 15.4 Å². The third kappa shape index (κ3) is 4.44. The average molecular weight is 291 g/mol. The van der Waals surface area contributed by atoms with Crippen molar-refractivity contribution in [2.45, 2.75) is 44.6 Å². The van der Waals surface area contributed by atoms with Gasteiger partial charge in [-0.15, -0.1) is 0 Å². The fraction of sp³-hybridized carbons (Fsp3) is 0.533. The molecule has 21 heavy (non-hydrogen) atoms. The van der Waals surface area contributed by atoms with Gasteiger partial charge in [0.25, 0.3) is 0 Å². The number of carbonyl (C=O) groups excluding carboxylic acids is 2. The van der Waals surface area contributed by atoms with Gasteiger partial charge in [-0.3, -0.25) is 9.59 Å². The summed E-state index contributed by atoms with van der Waals surface area (Å²) in [5.74, 6) is -1.01. The molecule has 1 saturated carbocycles. The van der Waals surface area contributed by atoms with Crippen molar-refractivity contribution in [1.82, 2.24) is 10.3 Å². The molecule has 0 atom stereocenters. The Hall–Kier alpha value is -2.11. The monoisotopic (exact) mass is 291 g/mol. The first-order valence-electron chi connectivity index (χ1n) is 7.31. The summed E-state index contributed by atoms with van der Waals surface area (Å²) >= 11 is 0. The topological polar surface area (TPSA) is 80.3 Å². The highest BCUT2D eigenvalue weighted by Crippen LogP contribution is 2.20. The molecule has 6 heteroatoms. The molecule has 1 aromatic rings. The van der Waals surface area contributed by atoms with E-state index in [0.29, 0.717) is 5.69 Å². The van der Waals surface area contributed by atoms with Gasteiger partial charge >= 0.3 is 11.8 Å². The predicted octanol–water partition coefficient (Wildman–Crippen LogP) is 1.87. The number of aromatic nitrogens is 1. The van der Waals surface area contributed by atoms with Crippen LogP contribution < -0.4 is 15.4 Å². The summed E-state index contributed by atoms with van der Waals surface area (Å²) in [5, 5.41) is 5.33. The lowest BCUT2D eigenvalue weighted by atomic mass is 10.1. The molecule has 2 rings (SSSR count).